The Balaban J connectivity index is 1.66. The third kappa shape index (κ3) is 2.84. The van der Waals surface area contributed by atoms with Gasteiger partial charge < -0.3 is 9.88 Å². The number of hydrogen-bond donors (Lipinski definition) is 1. The Kier molecular flexibility index (Phi) is 3.97. The number of para-hydroxylation sites is 2. The quantitative estimate of drug-likeness (QED) is 0.619. The fraction of sp³-hybridized carbons (Fsp3) is 0.0952. The molecule has 1 amide bonds. The molecule has 2 aromatic heterocycles. The number of nitrogens with zero attached hydrogens (tertiary/aromatic N) is 2. The molecule has 0 radical (unpaired) electrons. The molecule has 0 saturated carbocycles. The number of amides is 1. The van der Waals surface area contributed by atoms with Crippen LogP contribution < -0.4 is 10.7 Å². The second-order valence-corrected chi connectivity index (χ2v) is 6.20. The van der Waals surface area contributed by atoms with Crippen molar-refractivity contribution in [3.05, 3.63) is 82.8 Å². The van der Waals surface area contributed by atoms with E-state index >= 15 is 0 Å². The predicted molar refractivity (Wildman–Crippen MR) is 103 cm³/mol. The lowest BCUT2D eigenvalue weighted by Gasteiger charge is -2.12. The number of benzene rings is 2. The molecular weight excluding hydrogens is 326 g/mol. The van der Waals surface area contributed by atoms with E-state index in [4.69, 9.17) is 0 Å². The van der Waals surface area contributed by atoms with Gasteiger partial charge in [-0.2, -0.15) is 0 Å². The van der Waals surface area contributed by atoms with E-state index < -0.39 is 0 Å². The summed E-state index contributed by atoms with van der Waals surface area (Å²) in [6, 6.07) is 16.5. The largest absolute Gasteiger partial charge is 0.338 e. The van der Waals surface area contributed by atoms with E-state index in [-0.39, 0.29) is 17.9 Å². The summed E-state index contributed by atoms with van der Waals surface area (Å²) >= 11 is 0. The molecule has 4 rings (SSSR count). The Morgan fingerprint density at radius 2 is 1.85 bits per heavy atom. The van der Waals surface area contributed by atoms with Crippen LogP contribution in [0.5, 0.6) is 0 Å². The van der Waals surface area contributed by atoms with E-state index in [2.05, 4.69) is 10.3 Å². The molecule has 1 N–H and O–H groups in total. The molecule has 5 heteroatoms. The van der Waals surface area contributed by atoms with Crippen molar-refractivity contribution in [3.63, 3.8) is 0 Å². The molecule has 2 aromatic carbocycles. The van der Waals surface area contributed by atoms with E-state index in [0.29, 0.717) is 5.39 Å². The minimum atomic E-state index is -0.159. The standard InChI is InChI=1S/C21H17N3O2/c1-14-5-4-7-15-17(9-11-22-21(14)15)23-20(26)13-24-12-10-19(25)16-6-2-3-8-18(16)24/h2-12H,13H2,1H3,(H,22,23,26). The molecule has 4 aromatic rings. The average molecular weight is 343 g/mol. The van der Waals surface area contributed by atoms with Crippen LogP contribution in [-0.2, 0) is 11.3 Å². The van der Waals surface area contributed by atoms with Crippen molar-refractivity contribution in [3.8, 4) is 0 Å². The van der Waals surface area contributed by atoms with Crippen LogP contribution in [0.3, 0.4) is 0 Å². The third-order valence-corrected chi connectivity index (χ3v) is 4.45. The highest BCUT2D eigenvalue weighted by Crippen LogP contribution is 2.23. The predicted octanol–water partition coefficient (Wildman–Crippen LogP) is 3.50. The molecule has 0 bridgehead atoms. The highest BCUT2D eigenvalue weighted by Gasteiger charge is 2.10. The van der Waals surface area contributed by atoms with Gasteiger partial charge in [0.2, 0.25) is 5.91 Å². The molecule has 0 aliphatic carbocycles. The summed E-state index contributed by atoms with van der Waals surface area (Å²) in [5, 5.41) is 4.47. The zero-order valence-electron chi connectivity index (χ0n) is 14.3. The van der Waals surface area contributed by atoms with Crippen molar-refractivity contribution >= 4 is 33.4 Å². The highest BCUT2D eigenvalue weighted by atomic mass is 16.2. The van der Waals surface area contributed by atoms with Gasteiger partial charge in [0.25, 0.3) is 0 Å². The van der Waals surface area contributed by atoms with Crippen molar-refractivity contribution in [2.45, 2.75) is 13.5 Å². The second-order valence-electron chi connectivity index (χ2n) is 6.20. The monoisotopic (exact) mass is 343 g/mol. The van der Waals surface area contributed by atoms with Gasteiger partial charge in [0, 0.05) is 29.2 Å². The molecule has 5 nitrogen and oxygen atoms in total. The number of carbonyl (C=O) groups is 1. The van der Waals surface area contributed by atoms with Gasteiger partial charge in [-0.3, -0.25) is 14.6 Å². The number of aryl methyl sites for hydroxylation is 1. The molecule has 0 aliphatic rings. The molecule has 0 fully saturated rings. The third-order valence-electron chi connectivity index (χ3n) is 4.45. The Bertz CT molecular complexity index is 1190. The number of nitrogens with one attached hydrogen (secondary N) is 1. The van der Waals surface area contributed by atoms with E-state index in [9.17, 15) is 9.59 Å². The van der Waals surface area contributed by atoms with E-state index in [0.717, 1.165) is 27.7 Å². The second kappa shape index (κ2) is 6.44. The van der Waals surface area contributed by atoms with Crippen LogP contribution in [0.1, 0.15) is 5.56 Å². The summed E-state index contributed by atoms with van der Waals surface area (Å²) in [7, 11) is 0. The maximum Gasteiger partial charge on any atom is 0.244 e. The van der Waals surface area contributed by atoms with Gasteiger partial charge in [-0.05, 0) is 30.7 Å². The van der Waals surface area contributed by atoms with Crippen molar-refractivity contribution in [1.29, 1.82) is 0 Å². The lowest BCUT2D eigenvalue weighted by molar-refractivity contribution is -0.116. The molecular formula is C21H17N3O2. The van der Waals surface area contributed by atoms with Crippen LogP contribution in [0.15, 0.2) is 71.8 Å². The molecule has 0 unspecified atom stereocenters. The molecule has 0 spiro atoms. The SMILES string of the molecule is Cc1cccc2c(NC(=O)Cn3ccc(=O)c4ccccc43)ccnc12. The lowest BCUT2D eigenvalue weighted by Crippen LogP contribution is -2.20. The normalized spacial score (nSPS) is 11.0. The maximum absolute atomic E-state index is 12.6. The zero-order chi connectivity index (χ0) is 18.1. The van der Waals surface area contributed by atoms with Crippen LogP contribution in [0.4, 0.5) is 5.69 Å². The summed E-state index contributed by atoms with van der Waals surface area (Å²) in [5.74, 6) is -0.159. The van der Waals surface area contributed by atoms with E-state index in [1.807, 2.05) is 43.3 Å². The van der Waals surface area contributed by atoms with Gasteiger partial charge in [0.15, 0.2) is 5.43 Å². The first-order valence-corrected chi connectivity index (χ1v) is 8.36. The van der Waals surface area contributed by atoms with Crippen LogP contribution in [0.2, 0.25) is 0 Å². The molecule has 128 valence electrons. The number of carbonyl (C=O) groups excluding carboxylic acids is 1. The van der Waals surface area contributed by atoms with Crippen LogP contribution in [0.25, 0.3) is 21.8 Å². The number of aromatic nitrogens is 2. The van der Waals surface area contributed by atoms with Crippen LogP contribution in [-0.4, -0.2) is 15.5 Å². The first-order valence-electron chi connectivity index (χ1n) is 8.36. The summed E-state index contributed by atoms with van der Waals surface area (Å²) in [5.41, 5.74) is 3.36. The van der Waals surface area contributed by atoms with Crippen molar-refractivity contribution in [1.82, 2.24) is 9.55 Å². The summed E-state index contributed by atoms with van der Waals surface area (Å²) in [6.45, 7) is 2.11. The first-order chi connectivity index (χ1) is 12.6. The Morgan fingerprint density at radius 3 is 2.73 bits per heavy atom. The fourth-order valence-corrected chi connectivity index (χ4v) is 3.18. The van der Waals surface area contributed by atoms with E-state index in [1.54, 1.807) is 29.1 Å². The molecule has 0 atom stereocenters. The minimum Gasteiger partial charge on any atom is -0.338 e. The van der Waals surface area contributed by atoms with Gasteiger partial charge >= 0.3 is 0 Å². The minimum absolute atomic E-state index is 0.0483. The van der Waals surface area contributed by atoms with Gasteiger partial charge in [0.1, 0.15) is 6.54 Å². The van der Waals surface area contributed by atoms with Crippen molar-refractivity contribution in [2.75, 3.05) is 5.32 Å². The zero-order valence-corrected chi connectivity index (χ0v) is 14.3. The smallest absolute Gasteiger partial charge is 0.244 e. The summed E-state index contributed by atoms with van der Waals surface area (Å²) in [4.78, 5) is 29.0. The van der Waals surface area contributed by atoms with Crippen LogP contribution in [0, 0.1) is 6.92 Å². The molecule has 2 heterocycles. The van der Waals surface area contributed by atoms with Crippen molar-refractivity contribution in [2.24, 2.45) is 0 Å². The Morgan fingerprint density at radius 1 is 1.04 bits per heavy atom. The Hall–Kier alpha value is -3.47. The Labute approximate surface area is 149 Å². The fourth-order valence-electron chi connectivity index (χ4n) is 3.18. The summed E-state index contributed by atoms with van der Waals surface area (Å²) < 4.78 is 1.78. The maximum atomic E-state index is 12.6. The van der Waals surface area contributed by atoms with Crippen molar-refractivity contribution < 1.29 is 4.79 Å². The van der Waals surface area contributed by atoms with E-state index in [1.165, 1.54) is 6.07 Å². The van der Waals surface area contributed by atoms with Gasteiger partial charge in [0.05, 0.1) is 16.7 Å². The highest BCUT2D eigenvalue weighted by molar-refractivity contribution is 6.01. The number of pyridine rings is 2. The van der Waals surface area contributed by atoms with Gasteiger partial charge in [-0.15, -0.1) is 0 Å². The summed E-state index contributed by atoms with van der Waals surface area (Å²) in [6.07, 6.45) is 3.35. The molecule has 0 saturated heterocycles. The number of hydrogen-bond acceptors (Lipinski definition) is 3. The topological polar surface area (TPSA) is 64.0 Å². The lowest BCUT2D eigenvalue weighted by atomic mass is 10.1. The average Bonchev–Trinajstić information content (AvgIpc) is 2.65. The molecule has 0 aliphatic heterocycles. The van der Waals surface area contributed by atoms with Gasteiger partial charge in [-0.1, -0.05) is 30.3 Å². The van der Waals surface area contributed by atoms with Crippen LogP contribution >= 0.6 is 0 Å². The number of rotatable bonds is 3. The molecule has 26 heavy (non-hydrogen) atoms. The first kappa shape index (κ1) is 16.0. The number of fused-ring (bicyclic) bond motifs is 2. The number of anilines is 1. The van der Waals surface area contributed by atoms with Gasteiger partial charge in [-0.25, -0.2) is 0 Å².